The maximum absolute atomic E-state index is 3.30. The summed E-state index contributed by atoms with van der Waals surface area (Å²) in [4.78, 5) is 3.24. The fourth-order valence-electron chi connectivity index (χ4n) is 1.98. The minimum Gasteiger partial charge on any atom is -0.360 e. The largest absolute Gasteiger partial charge is 0.360 e. The van der Waals surface area contributed by atoms with Crippen LogP contribution in [0, 0.1) is 0 Å². The summed E-state index contributed by atoms with van der Waals surface area (Å²) in [6.45, 7) is 0. The highest BCUT2D eigenvalue weighted by molar-refractivity contribution is 5.92. The standard InChI is InChI=1S/C16H14N2/c1-2-6-13(7-3-1)10-11-17-16-12-18-15-9-5-4-8-14(15)16/h1-12,17-18H. The van der Waals surface area contributed by atoms with Crippen LogP contribution in [0.15, 0.2) is 67.0 Å². The van der Waals surface area contributed by atoms with Gasteiger partial charge in [0.2, 0.25) is 0 Å². The van der Waals surface area contributed by atoms with Crippen LogP contribution in [-0.2, 0) is 0 Å². The molecule has 1 aromatic heterocycles. The minimum atomic E-state index is 1.10. The van der Waals surface area contributed by atoms with Gasteiger partial charge in [-0.3, -0.25) is 0 Å². The number of nitrogens with one attached hydrogen (secondary N) is 2. The summed E-state index contributed by atoms with van der Waals surface area (Å²) in [5.74, 6) is 0. The number of rotatable bonds is 3. The monoisotopic (exact) mass is 234 g/mol. The smallest absolute Gasteiger partial charge is 0.0637 e. The van der Waals surface area contributed by atoms with Gasteiger partial charge in [-0.15, -0.1) is 0 Å². The Balaban J connectivity index is 1.79. The van der Waals surface area contributed by atoms with Crippen LogP contribution in [0.2, 0.25) is 0 Å². The lowest BCUT2D eigenvalue weighted by Crippen LogP contribution is -1.84. The van der Waals surface area contributed by atoms with Gasteiger partial charge in [0.15, 0.2) is 0 Å². The fourth-order valence-corrected chi connectivity index (χ4v) is 1.98. The van der Waals surface area contributed by atoms with E-state index in [0.29, 0.717) is 0 Å². The maximum atomic E-state index is 3.30. The summed E-state index contributed by atoms with van der Waals surface area (Å²) in [7, 11) is 0. The molecular formula is C16H14N2. The fraction of sp³-hybridized carbons (Fsp3) is 0. The van der Waals surface area contributed by atoms with E-state index in [4.69, 9.17) is 0 Å². The van der Waals surface area contributed by atoms with Crippen molar-refractivity contribution in [1.29, 1.82) is 0 Å². The number of aromatic nitrogens is 1. The first kappa shape index (κ1) is 10.7. The van der Waals surface area contributed by atoms with Gasteiger partial charge in [-0.2, -0.15) is 0 Å². The lowest BCUT2D eigenvalue weighted by atomic mass is 10.2. The van der Waals surface area contributed by atoms with Gasteiger partial charge < -0.3 is 10.3 Å². The zero-order valence-corrected chi connectivity index (χ0v) is 9.93. The highest BCUT2D eigenvalue weighted by atomic mass is 14.9. The van der Waals surface area contributed by atoms with Crippen molar-refractivity contribution in [3.63, 3.8) is 0 Å². The molecule has 0 radical (unpaired) electrons. The summed E-state index contributed by atoms with van der Waals surface area (Å²) in [6.07, 6.45) is 6.01. The first-order chi connectivity index (χ1) is 8.93. The quantitative estimate of drug-likeness (QED) is 0.696. The van der Waals surface area contributed by atoms with Gasteiger partial charge in [0.1, 0.15) is 0 Å². The Morgan fingerprint density at radius 3 is 2.56 bits per heavy atom. The van der Waals surface area contributed by atoms with Gasteiger partial charge >= 0.3 is 0 Å². The molecule has 0 aliphatic rings. The highest BCUT2D eigenvalue weighted by Gasteiger charge is 1.99. The molecule has 2 aromatic carbocycles. The van der Waals surface area contributed by atoms with E-state index in [2.05, 4.69) is 40.6 Å². The van der Waals surface area contributed by atoms with Crippen LogP contribution in [0.25, 0.3) is 17.0 Å². The molecule has 0 spiro atoms. The third kappa shape index (κ3) is 2.13. The molecule has 88 valence electrons. The highest BCUT2D eigenvalue weighted by Crippen LogP contribution is 2.22. The molecule has 0 amide bonds. The molecule has 0 bridgehead atoms. The van der Waals surface area contributed by atoms with E-state index in [-0.39, 0.29) is 0 Å². The second-order valence-electron chi connectivity index (χ2n) is 4.14. The summed E-state index contributed by atoms with van der Waals surface area (Å²) in [5.41, 5.74) is 3.43. The Morgan fingerprint density at radius 1 is 0.889 bits per heavy atom. The topological polar surface area (TPSA) is 27.8 Å². The number of anilines is 1. The normalized spacial score (nSPS) is 11.1. The third-order valence-corrected chi connectivity index (χ3v) is 2.90. The first-order valence-electron chi connectivity index (χ1n) is 5.98. The van der Waals surface area contributed by atoms with Gasteiger partial charge in [-0.25, -0.2) is 0 Å². The second kappa shape index (κ2) is 4.80. The molecule has 3 rings (SSSR count). The molecule has 2 nitrogen and oxygen atoms in total. The number of H-pyrrole nitrogens is 1. The molecule has 0 aliphatic carbocycles. The second-order valence-corrected chi connectivity index (χ2v) is 4.14. The van der Waals surface area contributed by atoms with Gasteiger partial charge in [-0.05, 0) is 17.7 Å². The number of hydrogen-bond donors (Lipinski definition) is 2. The molecule has 0 unspecified atom stereocenters. The molecule has 0 saturated heterocycles. The van der Waals surface area contributed by atoms with Crippen molar-refractivity contribution in [2.45, 2.75) is 0 Å². The number of aromatic amines is 1. The van der Waals surface area contributed by atoms with Crippen molar-refractivity contribution in [2.75, 3.05) is 5.32 Å². The summed E-state index contributed by atoms with van der Waals surface area (Å²) >= 11 is 0. The Kier molecular flexibility index (Phi) is 2.84. The molecule has 0 fully saturated rings. The Labute approximate surface area is 106 Å². The van der Waals surface area contributed by atoms with Crippen molar-refractivity contribution in [1.82, 2.24) is 4.98 Å². The molecular weight excluding hydrogens is 220 g/mol. The van der Waals surface area contributed by atoms with Gasteiger partial charge in [-0.1, -0.05) is 48.5 Å². The average Bonchev–Trinajstić information content (AvgIpc) is 2.84. The van der Waals surface area contributed by atoms with E-state index in [1.807, 2.05) is 42.7 Å². The van der Waals surface area contributed by atoms with Crippen molar-refractivity contribution < 1.29 is 0 Å². The first-order valence-corrected chi connectivity index (χ1v) is 5.98. The molecule has 2 heteroatoms. The van der Waals surface area contributed by atoms with Crippen LogP contribution in [-0.4, -0.2) is 4.98 Å². The SMILES string of the molecule is C(=Cc1ccccc1)Nc1c[nH]c2ccccc12. The average molecular weight is 234 g/mol. The van der Waals surface area contributed by atoms with Crippen LogP contribution in [0.3, 0.4) is 0 Å². The Hall–Kier alpha value is -2.48. The van der Waals surface area contributed by atoms with E-state index in [1.165, 1.54) is 10.9 Å². The molecule has 0 saturated carbocycles. The zero-order chi connectivity index (χ0) is 12.2. The third-order valence-electron chi connectivity index (χ3n) is 2.90. The van der Waals surface area contributed by atoms with Crippen molar-refractivity contribution >= 4 is 22.7 Å². The summed E-state index contributed by atoms with van der Waals surface area (Å²) < 4.78 is 0. The van der Waals surface area contributed by atoms with E-state index in [1.54, 1.807) is 0 Å². The molecule has 0 atom stereocenters. The number of benzene rings is 2. The van der Waals surface area contributed by atoms with E-state index < -0.39 is 0 Å². The maximum Gasteiger partial charge on any atom is 0.0637 e. The Morgan fingerprint density at radius 2 is 1.67 bits per heavy atom. The van der Waals surface area contributed by atoms with Crippen LogP contribution in [0.5, 0.6) is 0 Å². The van der Waals surface area contributed by atoms with Crippen LogP contribution in [0.1, 0.15) is 5.56 Å². The van der Waals surface area contributed by atoms with Crippen molar-refractivity contribution in [3.05, 3.63) is 72.6 Å². The van der Waals surface area contributed by atoms with Crippen LogP contribution >= 0.6 is 0 Å². The molecule has 1 heterocycles. The minimum absolute atomic E-state index is 1.10. The number of hydrogen-bond acceptors (Lipinski definition) is 1. The summed E-state index contributed by atoms with van der Waals surface area (Å²) in [5, 5.41) is 4.51. The van der Waals surface area contributed by atoms with Crippen LogP contribution < -0.4 is 5.32 Å². The summed E-state index contributed by atoms with van der Waals surface area (Å²) in [6, 6.07) is 18.5. The molecule has 0 aliphatic heterocycles. The number of fused-ring (bicyclic) bond motifs is 1. The van der Waals surface area contributed by atoms with E-state index in [0.717, 1.165) is 11.2 Å². The van der Waals surface area contributed by atoms with Gasteiger partial charge in [0.05, 0.1) is 5.69 Å². The van der Waals surface area contributed by atoms with E-state index in [9.17, 15) is 0 Å². The van der Waals surface area contributed by atoms with Gasteiger partial charge in [0.25, 0.3) is 0 Å². The molecule has 18 heavy (non-hydrogen) atoms. The molecule has 2 N–H and O–H groups in total. The lowest BCUT2D eigenvalue weighted by Gasteiger charge is -1.98. The predicted octanol–water partition coefficient (Wildman–Crippen LogP) is 4.25. The lowest BCUT2D eigenvalue weighted by molar-refractivity contribution is 1.47. The zero-order valence-electron chi connectivity index (χ0n) is 9.93. The molecule has 3 aromatic rings. The predicted molar refractivity (Wildman–Crippen MR) is 77.4 cm³/mol. The van der Waals surface area contributed by atoms with Gasteiger partial charge in [0, 0.05) is 23.3 Å². The number of para-hydroxylation sites is 1. The van der Waals surface area contributed by atoms with E-state index >= 15 is 0 Å². The Bertz CT molecular complexity index is 666. The van der Waals surface area contributed by atoms with Crippen molar-refractivity contribution in [2.24, 2.45) is 0 Å². The van der Waals surface area contributed by atoms with Crippen LogP contribution in [0.4, 0.5) is 5.69 Å². The van der Waals surface area contributed by atoms with Crippen molar-refractivity contribution in [3.8, 4) is 0 Å².